The maximum Gasteiger partial charge on any atom is 0.151 e. The van der Waals surface area contributed by atoms with Crippen molar-refractivity contribution in [3.63, 3.8) is 0 Å². The van der Waals surface area contributed by atoms with Gasteiger partial charge in [-0.3, -0.25) is 0 Å². The molecule has 1 saturated heterocycles. The van der Waals surface area contributed by atoms with Crippen LogP contribution in [0.1, 0.15) is 17.5 Å². The number of hydrogen-bond donors (Lipinski definition) is 1. The smallest absolute Gasteiger partial charge is 0.151 e. The van der Waals surface area contributed by atoms with Crippen molar-refractivity contribution in [2.45, 2.75) is 25.9 Å². The van der Waals surface area contributed by atoms with Crippen molar-refractivity contribution in [1.29, 1.82) is 0 Å². The molecular formula is C12H16FNO2S. The summed E-state index contributed by atoms with van der Waals surface area (Å²) in [5.74, 6) is 0.245. The number of rotatable bonds is 3. The van der Waals surface area contributed by atoms with Crippen LogP contribution in [-0.4, -0.2) is 26.0 Å². The van der Waals surface area contributed by atoms with Gasteiger partial charge in [0, 0.05) is 12.6 Å². The van der Waals surface area contributed by atoms with Crippen LogP contribution in [0, 0.1) is 12.7 Å². The van der Waals surface area contributed by atoms with Crippen molar-refractivity contribution in [1.82, 2.24) is 5.32 Å². The summed E-state index contributed by atoms with van der Waals surface area (Å²) in [5.41, 5.74) is 1.90. The fourth-order valence-corrected chi connectivity index (χ4v) is 3.78. The van der Waals surface area contributed by atoms with E-state index < -0.39 is 9.84 Å². The van der Waals surface area contributed by atoms with Gasteiger partial charge >= 0.3 is 0 Å². The Morgan fingerprint density at radius 2 is 2.24 bits per heavy atom. The number of nitrogens with one attached hydrogen (secondary N) is 1. The molecule has 0 radical (unpaired) electrons. The third-order valence-electron chi connectivity index (χ3n) is 3.12. The number of aryl methyl sites for hydroxylation is 1. The van der Waals surface area contributed by atoms with Gasteiger partial charge in [0.05, 0.1) is 11.5 Å². The molecule has 5 heteroatoms. The van der Waals surface area contributed by atoms with Gasteiger partial charge in [0.1, 0.15) is 5.82 Å². The summed E-state index contributed by atoms with van der Waals surface area (Å²) < 4.78 is 35.4. The van der Waals surface area contributed by atoms with Crippen LogP contribution >= 0.6 is 0 Å². The van der Waals surface area contributed by atoms with Crippen LogP contribution in [0.4, 0.5) is 4.39 Å². The molecule has 1 aliphatic heterocycles. The predicted octanol–water partition coefficient (Wildman–Crippen LogP) is 1.41. The lowest BCUT2D eigenvalue weighted by atomic mass is 10.1. The lowest BCUT2D eigenvalue weighted by Gasteiger charge is -2.12. The van der Waals surface area contributed by atoms with Gasteiger partial charge in [0.25, 0.3) is 0 Å². The SMILES string of the molecule is Cc1cc(F)ccc1CN[C@H]1CCS(=O)(=O)C1. The van der Waals surface area contributed by atoms with Crippen LogP contribution in [0.3, 0.4) is 0 Å². The lowest BCUT2D eigenvalue weighted by molar-refractivity contribution is 0.552. The molecule has 17 heavy (non-hydrogen) atoms. The van der Waals surface area contributed by atoms with Crippen LogP contribution in [0.15, 0.2) is 18.2 Å². The number of benzene rings is 1. The molecule has 94 valence electrons. The molecule has 0 saturated carbocycles. The Labute approximate surface area is 101 Å². The molecule has 1 aromatic rings. The average molecular weight is 257 g/mol. The first-order valence-corrected chi connectivity index (χ1v) is 7.47. The first kappa shape index (κ1) is 12.5. The van der Waals surface area contributed by atoms with Crippen LogP contribution in [0.2, 0.25) is 0 Å². The van der Waals surface area contributed by atoms with E-state index in [0.29, 0.717) is 13.0 Å². The highest BCUT2D eigenvalue weighted by Gasteiger charge is 2.27. The van der Waals surface area contributed by atoms with Crippen molar-refractivity contribution < 1.29 is 12.8 Å². The fourth-order valence-electron chi connectivity index (χ4n) is 2.07. The maximum absolute atomic E-state index is 12.9. The minimum atomic E-state index is -2.84. The van der Waals surface area contributed by atoms with Gasteiger partial charge in [-0.2, -0.15) is 0 Å². The zero-order chi connectivity index (χ0) is 12.5. The Kier molecular flexibility index (Phi) is 3.49. The van der Waals surface area contributed by atoms with Crippen LogP contribution in [-0.2, 0) is 16.4 Å². The molecule has 0 aliphatic carbocycles. The van der Waals surface area contributed by atoms with Gasteiger partial charge in [0.15, 0.2) is 9.84 Å². The highest BCUT2D eigenvalue weighted by atomic mass is 32.2. The fraction of sp³-hybridized carbons (Fsp3) is 0.500. The van der Waals surface area contributed by atoms with E-state index in [1.54, 1.807) is 6.07 Å². The van der Waals surface area contributed by atoms with Crippen molar-refractivity contribution in [2.24, 2.45) is 0 Å². The van der Waals surface area contributed by atoms with Crippen molar-refractivity contribution >= 4 is 9.84 Å². The molecule has 1 heterocycles. The zero-order valence-electron chi connectivity index (χ0n) is 9.74. The van der Waals surface area contributed by atoms with E-state index in [9.17, 15) is 12.8 Å². The van der Waals surface area contributed by atoms with Crippen molar-refractivity contribution in [3.05, 3.63) is 35.1 Å². The highest BCUT2D eigenvalue weighted by molar-refractivity contribution is 7.91. The number of halogens is 1. The minimum Gasteiger partial charge on any atom is -0.309 e. The summed E-state index contributed by atoms with van der Waals surface area (Å²) >= 11 is 0. The summed E-state index contributed by atoms with van der Waals surface area (Å²) in [6.45, 7) is 2.44. The summed E-state index contributed by atoms with van der Waals surface area (Å²) in [4.78, 5) is 0. The van der Waals surface area contributed by atoms with Crippen LogP contribution in [0.5, 0.6) is 0 Å². The predicted molar refractivity (Wildman–Crippen MR) is 65.0 cm³/mol. The zero-order valence-corrected chi connectivity index (χ0v) is 10.6. The highest BCUT2D eigenvalue weighted by Crippen LogP contribution is 2.14. The summed E-state index contributed by atoms with van der Waals surface area (Å²) in [7, 11) is -2.84. The van der Waals surface area contributed by atoms with Crippen LogP contribution < -0.4 is 5.32 Å². The van der Waals surface area contributed by atoms with E-state index in [-0.39, 0.29) is 23.4 Å². The standard InChI is InChI=1S/C12H16FNO2S/c1-9-6-11(13)3-2-10(9)7-14-12-4-5-17(15,16)8-12/h2-3,6,12,14H,4-5,7-8H2,1H3/t12-/m0/s1. The molecule has 0 amide bonds. The second-order valence-electron chi connectivity index (χ2n) is 4.55. The molecule has 0 unspecified atom stereocenters. The molecule has 1 fully saturated rings. The van der Waals surface area contributed by atoms with E-state index in [4.69, 9.17) is 0 Å². The van der Waals surface area contributed by atoms with Crippen LogP contribution in [0.25, 0.3) is 0 Å². The molecule has 2 rings (SSSR count). The quantitative estimate of drug-likeness (QED) is 0.890. The number of hydrogen-bond acceptors (Lipinski definition) is 3. The van der Waals surface area contributed by atoms with Gasteiger partial charge in [0.2, 0.25) is 0 Å². The average Bonchev–Trinajstić information content (AvgIpc) is 2.57. The van der Waals surface area contributed by atoms with Crippen molar-refractivity contribution in [2.75, 3.05) is 11.5 Å². The Morgan fingerprint density at radius 3 is 2.82 bits per heavy atom. The van der Waals surface area contributed by atoms with Gasteiger partial charge < -0.3 is 5.32 Å². The Bertz CT molecular complexity index is 513. The third-order valence-corrected chi connectivity index (χ3v) is 4.89. The third kappa shape index (κ3) is 3.26. The topological polar surface area (TPSA) is 46.2 Å². The molecule has 0 aromatic heterocycles. The molecule has 3 nitrogen and oxygen atoms in total. The summed E-state index contributed by atoms with van der Waals surface area (Å²) in [6.07, 6.45) is 0.669. The van der Waals surface area contributed by atoms with Gasteiger partial charge in [-0.05, 0) is 36.6 Å². The van der Waals surface area contributed by atoms with Crippen molar-refractivity contribution in [3.8, 4) is 0 Å². The Morgan fingerprint density at radius 1 is 1.47 bits per heavy atom. The molecule has 0 spiro atoms. The van der Waals surface area contributed by atoms with E-state index >= 15 is 0 Å². The minimum absolute atomic E-state index is 0.0319. The molecule has 1 atom stereocenters. The second-order valence-corrected chi connectivity index (χ2v) is 6.78. The molecule has 1 aliphatic rings. The van der Waals surface area contributed by atoms with Gasteiger partial charge in [-0.1, -0.05) is 6.07 Å². The number of sulfone groups is 1. The van der Waals surface area contributed by atoms with E-state index in [1.165, 1.54) is 12.1 Å². The van der Waals surface area contributed by atoms with Gasteiger partial charge in [-0.25, -0.2) is 12.8 Å². The molecule has 0 bridgehead atoms. The Hall–Kier alpha value is -0.940. The summed E-state index contributed by atoms with van der Waals surface area (Å²) in [6, 6.07) is 4.68. The van der Waals surface area contributed by atoms with E-state index in [1.807, 2.05) is 6.92 Å². The maximum atomic E-state index is 12.9. The largest absolute Gasteiger partial charge is 0.309 e. The van der Waals surface area contributed by atoms with E-state index in [2.05, 4.69) is 5.32 Å². The summed E-state index contributed by atoms with van der Waals surface area (Å²) in [5, 5.41) is 3.21. The molecular weight excluding hydrogens is 241 g/mol. The van der Waals surface area contributed by atoms with Gasteiger partial charge in [-0.15, -0.1) is 0 Å². The van der Waals surface area contributed by atoms with E-state index in [0.717, 1.165) is 11.1 Å². The second kappa shape index (κ2) is 4.74. The first-order chi connectivity index (χ1) is 7.96. The monoisotopic (exact) mass is 257 g/mol. The molecule has 1 aromatic carbocycles. The first-order valence-electron chi connectivity index (χ1n) is 5.65. The Balaban J connectivity index is 1.95. The normalized spacial score (nSPS) is 22.8. The molecule has 1 N–H and O–H groups in total. The lowest BCUT2D eigenvalue weighted by Crippen LogP contribution is -2.29.